The minimum Gasteiger partial charge on any atom is -0.488 e. The number of carbonyl (C=O) groups is 1. The standard InChI is InChI=1S/C17H19NO3/c1-10-7-11(2)16(12(3)8-10)21-9-13-5-4-6-14(18)15(13)17(19)20/h4-8H,9,18H2,1-3H3,(H,19,20). The van der Waals surface area contributed by atoms with Crippen LogP contribution in [0.1, 0.15) is 32.6 Å². The maximum absolute atomic E-state index is 11.3. The van der Waals surface area contributed by atoms with E-state index in [4.69, 9.17) is 10.5 Å². The van der Waals surface area contributed by atoms with Crippen LogP contribution in [0.2, 0.25) is 0 Å². The molecule has 0 heterocycles. The molecule has 0 radical (unpaired) electrons. The Morgan fingerprint density at radius 3 is 2.38 bits per heavy atom. The SMILES string of the molecule is Cc1cc(C)c(OCc2cccc(N)c2C(=O)O)c(C)c1. The number of nitrogens with two attached hydrogens (primary N) is 1. The number of hydrogen-bond acceptors (Lipinski definition) is 3. The first-order chi connectivity index (χ1) is 9.90. The summed E-state index contributed by atoms with van der Waals surface area (Å²) >= 11 is 0. The van der Waals surface area contributed by atoms with E-state index in [1.165, 1.54) is 5.56 Å². The summed E-state index contributed by atoms with van der Waals surface area (Å²) in [4.78, 5) is 11.3. The van der Waals surface area contributed by atoms with E-state index < -0.39 is 5.97 Å². The van der Waals surface area contributed by atoms with Gasteiger partial charge in [-0.1, -0.05) is 29.8 Å². The highest BCUT2D eigenvalue weighted by Crippen LogP contribution is 2.26. The number of anilines is 1. The van der Waals surface area contributed by atoms with Crippen molar-refractivity contribution in [1.82, 2.24) is 0 Å². The van der Waals surface area contributed by atoms with Crippen molar-refractivity contribution in [2.75, 3.05) is 5.73 Å². The Bertz CT molecular complexity index is 669. The third kappa shape index (κ3) is 3.16. The van der Waals surface area contributed by atoms with Gasteiger partial charge in [0, 0.05) is 11.3 Å². The predicted molar refractivity (Wildman–Crippen MR) is 82.8 cm³/mol. The largest absolute Gasteiger partial charge is 0.488 e. The molecule has 0 saturated heterocycles. The summed E-state index contributed by atoms with van der Waals surface area (Å²) in [6.45, 7) is 6.17. The molecule has 0 atom stereocenters. The summed E-state index contributed by atoms with van der Waals surface area (Å²) in [7, 11) is 0. The fourth-order valence-corrected chi connectivity index (χ4v) is 2.55. The average molecular weight is 285 g/mol. The first kappa shape index (κ1) is 14.9. The summed E-state index contributed by atoms with van der Waals surface area (Å²) in [5, 5.41) is 9.25. The Morgan fingerprint density at radius 1 is 1.19 bits per heavy atom. The Hall–Kier alpha value is -2.49. The number of rotatable bonds is 4. The lowest BCUT2D eigenvalue weighted by Gasteiger charge is -2.15. The monoisotopic (exact) mass is 285 g/mol. The Morgan fingerprint density at radius 2 is 1.81 bits per heavy atom. The molecule has 2 aromatic carbocycles. The van der Waals surface area contributed by atoms with E-state index in [9.17, 15) is 9.90 Å². The van der Waals surface area contributed by atoms with E-state index in [2.05, 4.69) is 0 Å². The van der Waals surface area contributed by atoms with Gasteiger partial charge in [0.15, 0.2) is 0 Å². The van der Waals surface area contributed by atoms with Crippen LogP contribution in [-0.2, 0) is 6.61 Å². The van der Waals surface area contributed by atoms with Crippen LogP contribution in [0.25, 0.3) is 0 Å². The maximum Gasteiger partial charge on any atom is 0.338 e. The van der Waals surface area contributed by atoms with Crippen LogP contribution >= 0.6 is 0 Å². The van der Waals surface area contributed by atoms with Crippen LogP contribution in [0.15, 0.2) is 30.3 Å². The van der Waals surface area contributed by atoms with Gasteiger partial charge in [-0.2, -0.15) is 0 Å². The molecule has 2 rings (SSSR count). The molecule has 3 N–H and O–H groups in total. The van der Waals surface area contributed by atoms with Gasteiger partial charge >= 0.3 is 5.97 Å². The van der Waals surface area contributed by atoms with E-state index in [0.717, 1.165) is 16.9 Å². The van der Waals surface area contributed by atoms with Crippen molar-refractivity contribution in [1.29, 1.82) is 0 Å². The van der Waals surface area contributed by atoms with Crippen molar-refractivity contribution in [2.45, 2.75) is 27.4 Å². The molecule has 0 aliphatic carbocycles. The number of nitrogen functional groups attached to an aromatic ring is 1. The maximum atomic E-state index is 11.3. The second-order valence-corrected chi connectivity index (χ2v) is 5.20. The van der Waals surface area contributed by atoms with Crippen molar-refractivity contribution in [3.63, 3.8) is 0 Å². The van der Waals surface area contributed by atoms with E-state index in [-0.39, 0.29) is 17.9 Å². The van der Waals surface area contributed by atoms with Crippen molar-refractivity contribution in [2.24, 2.45) is 0 Å². The quantitative estimate of drug-likeness (QED) is 0.844. The van der Waals surface area contributed by atoms with Gasteiger partial charge in [-0.15, -0.1) is 0 Å². The molecule has 0 saturated carbocycles. The molecule has 110 valence electrons. The Labute approximate surface area is 124 Å². The van der Waals surface area contributed by atoms with Gasteiger partial charge in [-0.25, -0.2) is 4.79 Å². The van der Waals surface area contributed by atoms with E-state index in [0.29, 0.717) is 5.56 Å². The molecular formula is C17H19NO3. The molecule has 0 spiro atoms. The van der Waals surface area contributed by atoms with Crippen LogP contribution < -0.4 is 10.5 Å². The first-order valence-corrected chi connectivity index (χ1v) is 6.71. The summed E-state index contributed by atoms with van der Waals surface area (Å²) < 4.78 is 5.84. The minimum absolute atomic E-state index is 0.111. The van der Waals surface area contributed by atoms with Crippen LogP contribution in [0.5, 0.6) is 5.75 Å². The number of benzene rings is 2. The van der Waals surface area contributed by atoms with Gasteiger partial charge in [0.25, 0.3) is 0 Å². The lowest BCUT2D eigenvalue weighted by molar-refractivity contribution is 0.0695. The third-order valence-corrected chi connectivity index (χ3v) is 3.37. The molecule has 0 bridgehead atoms. The zero-order chi connectivity index (χ0) is 15.6. The average Bonchev–Trinajstić information content (AvgIpc) is 2.36. The molecular weight excluding hydrogens is 266 g/mol. The highest BCUT2D eigenvalue weighted by Gasteiger charge is 2.14. The molecule has 0 unspecified atom stereocenters. The fourth-order valence-electron chi connectivity index (χ4n) is 2.55. The normalized spacial score (nSPS) is 10.4. The van der Waals surface area contributed by atoms with Crippen molar-refractivity contribution in [3.05, 3.63) is 58.1 Å². The zero-order valence-electron chi connectivity index (χ0n) is 12.4. The molecule has 2 aromatic rings. The molecule has 0 aliphatic heterocycles. The van der Waals surface area contributed by atoms with Gasteiger partial charge in [-0.3, -0.25) is 0 Å². The highest BCUT2D eigenvalue weighted by atomic mass is 16.5. The third-order valence-electron chi connectivity index (χ3n) is 3.37. The predicted octanol–water partition coefficient (Wildman–Crippen LogP) is 3.47. The molecule has 4 nitrogen and oxygen atoms in total. The lowest BCUT2D eigenvalue weighted by atomic mass is 10.1. The summed E-state index contributed by atoms with van der Waals surface area (Å²) in [5.74, 6) is -0.247. The van der Waals surface area contributed by atoms with Gasteiger partial charge in [-0.05, 0) is 38.0 Å². The second-order valence-electron chi connectivity index (χ2n) is 5.20. The molecule has 21 heavy (non-hydrogen) atoms. The molecule has 0 aliphatic rings. The van der Waals surface area contributed by atoms with Crippen LogP contribution in [0.4, 0.5) is 5.69 Å². The smallest absolute Gasteiger partial charge is 0.338 e. The van der Waals surface area contributed by atoms with Gasteiger partial charge in [0.05, 0.1) is 5.56 Å². The topological polar surface area (TPSA) is 72.5 Å². The zero-order valence-corrected chi connectivity index (χ0v) is 12.4. The number of aromatic carboxylic acids is 1. The number of carboxylic acid groups (broad SMARTS) is 1. The Balaban J connectivity index is 2.29. The highest BCUT2D eigenvalue weighted by molar-refractivity contribution is 5.95. The van der Waals surface area contributed by atoms with Crippen LogP contribution in [0.3, 0.4) is 0 Å². The fraction of sp³-hybridized carbons (Fsp3) is 0.235. The molecule has 0 aromatic heterocycles. The van der Waals surface area contributed by atoms with Gasteiger partial charge < -0.3 is 15.6 Å². The second kappa shape index (κ2) is 5.87. The van der Waals surface area contributed by atoms with E-state index in [1.807, 2.05) is 32.9 Å². The Kier molecular flexibility index (Phi) is 4.17. The van der Waals surface area contributed by atoms with Crippen molar-refractivity contribution in [3.8, 4) is 5.75 Å². The number of carboxylic acids is 1. The molecule has 4 heteroatoms. The molecule has 0 fully saturated rings. The minimum atomic E-state index is -1.04. The lowest BCUT2D eigenvalue weighted by Crippen LogP contribution is -2.09. The summed E-state index contributed by atoms with van der Waals surface area (Å²) in [6.07, 6.45) is 0. The number of ether oxygens (including phenoxy) is 1. The number of hydrogen-bond donors (Lipinski definition) is 2. The number of aryl methyl sites for hydroxylation is 3. The van der Waals surface area contributed by atoms with Crippen LogP contribution in [0, 0.1) is 20.8 Å². The summed E-state index contributed by atoms with van der Waals surface area (Å²) in [5.41, 5.74) is 9.91. The van der Waals surface area contributed by atoms with E-state index >= 15 is 0 Å². The van der Waals surface area contributed by atoms with Crippen molar-refractivity contribution >= 4 is 11.7 Å². The van der Waals surface area contributed by atoms with Gasteiger partial charge in [0.2, 0.25) is 0 Å². The van der Waals surface area contributed by atoms with Gasteiger partial charge in [0.1, 0.15) is 12.4 Å². The van der Waals surface area contributed by atoms with E-state index in [1.54, 1.807) is 18.2 Å². The van der Waals surface area contributed by atoms with Crippen LogP contribution in [-0.4, -0.2) is 11.1 Å². The van der Waals surface area contributed by atoms with Crippen molar-refractivity contribution < 1.29 is 14.6 Å². The summed E-state index contributed by atoms with van der Waals surface area (Å²) in [6, 6.07) is 9.11. The first-order valence-electron chi connectivity index (χ1n) is 6.71. The molecule has 0 amide bonds.